The van der Waals surface area contributed by atoms with Gasteiger partial charge in [0.05, 0.1) is 0 Å². The number of hydrogen-bond acceptors (Lipinski definition) is 2. The zero-order chi connectivity index (χ0) is 11.9. The van der Waals surface area contributed by atoms with Crippen molar-refractivity contribution < 1.29 is 19.8 Å². The van der Waals surface area contributed by atoms with E-state index >= 15 is 0 Å². The summed E-state index contributed by atoms with van der Waals surface area (Å²) in [6, 6.07) is 0. The fourth-order valence-corrected chi connectivity index (χ4v) is 2.16. The highest BCUT2D eigenvalue weighted by Crippen LogP contribution is 2.34. The lowest BCUT2D eigenvalue weighted by Crippen LogP contribution is -2.23. The van der Waals surface area contributed by atoms with Crippen LogP contribution in [0.25, 0.3) is 0 Å². The zero-order valence-corrected chi connectivity index (χ0v) is 10.2. The molecule has 0 heterocycles. The lowest BCUT2D eigenvalue weighted by molar-refractivity contribution is -0.137. The van der Waals surface area contributed by atoms with E-state index in [4.69, 9.17) is 10.2 Å². The number of carboxylic acids is 2. The molecule has 0 aromatic carbocycles. The molecule has 0 radical (unpaired) electrons. The molecule has 0 amide bonds. The molecule has 0 bridgehead atoms. The van der Waals surface area contributed by atoms with E-state index in [0.717, 1.165) is 12.8 Å². The van der Waals surface area contributed by atoms with Crippen molar-refractivity contribution in [1.29, 1.82) is 0 Å². The molecule has 0 aromatic rings. The van der Waals surface area contributed by atoms with E-state index in [-0.39, 0.29) is 18.0 Å². The third-order valence-corrected chi connectivity index (χ3v) is 3.29. The number of hydrogen-bond donors (Lipinski definition) is 2. The maximum absolute atomic E-state index is 10.5. The van der Waals surface area contributed by atoms with Crippen LogP contribution in [-0.4, -0.2) is 27.3 Å². The van der Waals surface area contributed by atoms with Crippen molar-refractivity contribution in [2.45, 2.75) is 50.6 Å². The Morgan fingerprint density at radius 3 is 1.73 bits per heavy atom. The van der Waals surface area contributed by atoms with Crippen LogP contribution in [0, 0.1) is 0 Å². The van der Waals surface area contributed by atoms with Crippen molar-refractivity contribution in [2.75, 3.05) is 0 Å². The Hall–Kier alpha value is -0.630. The fraction of sp³-hybridized carbons (Fsp3) is 0.800. The summed E-state index contributed by atoms with van der Waals surface area (Å²) in [6.45, 7) is 2.01. The van der Waals surface area contributed by atoms with Gasteiger partial charge in [-0.1, -0.05) is 13.3 Å². The molecule has 0 aliphatic carbocycles. The standard InChI is InChI=1S/C10H19O4P/c1-2-5-10(15,6-3-8(11)12)7-4-9(13)14/h2-7,15H2,1H3,(H,11,12)(H,13,14). The molecule has 15 heavy (non-hydrogen) atoms. The van der Waals surface area contributed by atoms with Gasteiger partial charge in [0.1, 0.15) is 0 Å². The van der Waals surface area contributed by atoms with Crippen molar-refractivity contribution in [1.82, 2.24) is 0 Å². The minimum absolute atomic E-state index is 0.100. The molecular formula is C10H19O4P. The van der Waals surface area contributed by atoms with Gasteiger partial charge in [0.2, 0.25) is 0 Å². The van der Waals surface area contributed by atoms with Crippen LogP contribution in [0.15, 0.2) is 0 Å². The third kappa shape index (κ3) is 7.32. The van der Waals surface area contributed by atoms with Gasteiger partial charge < -0.3 is 10.2 Å². The second-order valence-electron chi connectivity index (χ2n) is 3.90. The largest absolute Gasteiger partial charge is 0.481 e. The molecule has 0 aromatic heterocycles. The van der Waals surface area contributed by atoms with Crippen LogP contribution in [0.5, 0.6) is 0 Å². The van der Waals surface area contributed by atoms with E-state index in [9.17, 15) is 9.59 Å². The lowest BCUT2D eigenvalue weighted by atomic mass is 9.91. The average Bonchev–Trinajstić information content (AvgIpc) is 2.13. The second-order valence-corrected chi connectivity index (χ2v) is 5.12. The van der Waals surface area contributed by atoms with Gasteiger partial charge in [-0.2, -0.15) is 0 Å². The van der Waals surface area contributed by atoms with Gasteiger partial charge in [0.15, 0.2) is 0 Å². The second kappa shape index (κ2) is 6.78. The minimum Gasteiger partial charge on any atom is -0.481 e. The van der Waals surface area contributed by atoms with E-state index in [1.165, 1.54) is 0 Å². The first kappa shape index (κ1) is 14.4. The zero-order valence-electron chi connectivity index (χ0n) is 9.03. The molecule has 0 saturated heterocycles. The highest BCUT2D eigenvalue weighted by molar-refractivity contribution is 7.19. The molecule has 1 atom stereocenters. The Morgan fingerprint density at radius 2 is 1.47 bits per heavy atom. The molecule has 0 spiro atoms. The molecule has 5 heteroatoms. The van der Waals surface area contributed by atoms with Crippen LogP contribution < -0.4 is 0 Å². The highest BCUT2D eigenvalue weighted by Gasteiger charge is 2.25. The summed E-state index contributed by atoms with van der Waals surface area (Å²) in [5.74, 6) is -1.65. The minimum atomic E-state index is -0.826. The summed E-state index contributed by atoms with van der Waals surface area (Å²) in [6.07, 6.45) is 3.02. The van der Waals surface area contributed by atoms with Gasteiger partial charge in [-0.05, 0) is 24.4 Å². The monoisotopic (exact) mass is 234 g/mol. The van der Waals surface area contributed by atoms with Gasteiger partial charge in [0.25, 0.3) is 0 Å². The Kier molecular flexibility index (Phi) is 6.50. The van der Waals surface area contributed by atoms with Gasteiger partial charge in [-0.3, -0.25) is 9.59 Å². The third-order valence-electron chi connectivity index (χ3n) is 2.42. The number of aliphatic carboxylic acids is 2. The first-order chi connectivity index (χ1) is 6.89. The molecule has 0 aliphatic heterocycles. The van der Waals surface area contributed by atoms with Crippen molar-refractivity contribution >= 4 is 21.2 Å². The van der Waals surface area contributed by atoms with Crippen LogP contribution in [-0.2, 0) is 9.59 Å². The van der Waals surface area contributed by atoms with Crippen molar-refractivity contribution in [3.63, 3.8) is 0 Å². The van der Waals surface area contributed by atoms with Crippen molar-refractivity contribution in [3.05, 3.63) is 0 Å². The molecule has 0 fully saturated rings. The maximum atomic E-state index is 10.5. The van der Waals surface area contributed by atoms with Crippen LogP contribution in [0.1, 0.15) is 45.4 Å². The SMILES string of the molecule is CCCC(P)(CCC(=O)O)CCC(=O)O. The topological polar surface area (TPSA) is 74.6 Å². The van der Waals surface area contributed by atoms with Gasteiger partial charge in [0, 0.05) is 12.8 Å². The first-order valence-corrected chi connectivity index (χ1v) is 5.70. The summed E-state index contributed by atoms with van der Waals surface area (Å²) in [5.41, 5.74) is 0. The highest BCUT2D eigenvalue weighted by atomic mass is 31.0. The van der Waals surface area contributed by atoms with E-state index < -0.39 is 11.9 Å². The molecule has 1 unspecified atom stereocenters. The van der Waals surface area contributed by atoms with E-state index in [1.54, 1.807) is 0 Å². The van der Waals surface area contributed by atoms with Crippen molar-refractivity contribution in [2.24, 2.45) is 0 Å². The van der Waals surface area contributed by atoms with Gasteiger partial charge >= 0.3 is 11.9 Å². The quantitative estimate of drug-likeness (QED) is 0.631. The number of carbonyl (C=O) groups is 2. The predicted octanol–water partition coefficient (Wildman–Crippen LogP) is 2.13. The van der Waals surface area contributed by atoms with E-state index in [1.807, 2.05) is 6.92 Å². The summed E-state index contributed by atoms with van der Waals surface area (Å²) in [7, 11) is 2.64. The summed E-state index contributed by atoms with van der Waals surface area (Å²) in [4.78, 5) is 20.9. The lowest BCUT2D eigenvalue weighted by Gasteiger charge is -2.27. The predicted molar refractivity (Wildman–Crippen MR) is 61.1 cm³/mol. The Labute approximate surface area is 92.3 Å². The fourth-order valence-electron chi connectivity index (χ4n) is 1.58. The summed E-state index contributed by atoms with van der Waals surface area (Å²) < 4.78 is 0. The molecule has 88 valence electrons. The van der Waals surface area contributed by atoms with Crippen LogP contribution >= 0.6 is 9.24 Å². The molecule has 0 saturated carbocycles. The molecule has 0 rings (SSSR count). The number of carboxylic acid groups (broad SMARTS) is 2. The Morgan fingerprint density at radius 1 is 1.07 bits per heavy atom. The Balaban J connectivity index is 4.17. The van der Waals surface area contributed by atoms with Crippen LogP contribution in [0.4, 0.5) is 0 Å². The first-order valence-electron chi connectivity index (χ1n) is 5.12. The maximum Gasteiger partial charge on any atom is 0.303 e. The molecule has 2 N–H and O–H groups in total. The smallest absolute Gasteiger partial charge is 0.303 e. The molecular weight excluding hydrogens is 215 g/mol. The van der Waals surface area contributed by atoms with Gasteiger partial charge in [-0.25, -0.2) is 0 Å². The molecule has 0 aliphatic rings. The van der Waals surface area contributed by atoms with Crippen molar-refractivity contribution in [3.8, 4) is 0 Å². The van der Waals surface area contributed by atoms with Gasteiger partial charge in [-0.15, -0.1) is 9.24 Å². The summed E-state index contributed by atoms with van der Waals surface area (Å²) in [5, 5.41) is 17.0. The normalized spacial score (nSPS) is 11.3. The molecule has 4 nitrogen and oxygen atoms in total. The van der Waals surface area contributed by atoms with E-state index in [2.05, 4.69) is 9.24 Å². The van der Waals surface area contributed by atoms with Crippen LogP contribution in [0.2, 0.25) is 0 Å². The summed E-state index contributed by atoms with van der Waals surface area (Å²) >= 11 is 0. The average molecular weight is 234 g/mol. The number of rotatable bonds is 8. The van der Waals surface area contributed by atoms with E-state index in [0.29, 0.717) is 12.8 Å². The Bertz CT molecular complexity index is 209. The van der Waals surface area contributed by atoms with Crippen LogP contribution in [0.3, 0.4) is 0 Å².